The zero-order valence-electron chi connectivity index (χ0n) is 29.8. The summed E-state index contributed by atoms with van der Waals surface area (Å²) in [7, 11) is 1.67. The van der Waals surface area contributed by atoms with E-state index < -0.39 is 23.8 Å². The number of ether oxygens (including phenoxy) is 1. The van der Waals surface area contributed by atoms with Gasteiger partial charge in [-0.2, -0.15) is 13.2 Å². The van der Waals surface area contributed by atoms with Gasteiger partial charge in [-0.3, -0.25) is 24.4 Å². The minimum absolute atomic E-state index is 0.0520. The van der Waals surface area contributed by atoms with Gasteiger partial charge in [0.2, 0.25) is 17.7 Å². The summed E-state index contributed by atoms with van der Waals surface area (Å²) >= 11 is 0. The van der Waals surface area contributed by atoms with Crippen LogP contribution in [0.1, 0.15) is 34.9 Å². The van der Waals surface area contributed by atoms with E-state index in [1.54, 1.807) is 31.3 Å². The number of piperazine rings is 1. The number of nitrogens with zero attached hydrogens (tertiary/aromatic N) is 6. The van der Waals surface area contributed by atoms with Crippen LogP contribution in [0.2, 0.25) is 0 Å². The van der Waals surface area contributed by atoms with Crippen LogP contribution in [-0.2, 0) is 44.9 Å². The molecule has 3 amide bonds. The van der Waals surface area contributed by atoms with Gasteiger partial charge in [-0.1, -0.05) is 48.5 Å². The number of likely N-dealkylation sites (N-methyl/N-ethyl adjacent to an activating group) is 1. The quantitative estimate of drug-likeness (QED) is 0.125. The molecule has 13 heteroatoms. The average molecular weight is 729 g/mol. The monoisotopic (exact) mass is 728 g/mol. The van der Waals surface area contributed by atoms with Crippen LogP contribution in [0.3, 0.4) is 0 Å². The summed E-state index contributed by atoms with van der Waals surface area (Å²) in [6, 6.07) is 22.0. The SMILES string of the molecule is CC(=O)N1CCN(c2ccc(CN(C(=O)C=Cc3ccc(C(F)(F)F)nc3)C(Cc3ccccc3)C(=O)N(C)CCOCc3ccncc3)cc2)CC1. The van der Waals surface area contributed by atoms with E-state index in [1.165, 1.54) is 23.1 Å². The van der Waals surface area contributed by atoms with Crippen LogP contribution in [0.15, 0.2) is 104 Å². The van der Waals surface area contributed by atoms with Gasteiger partial charge in [0.15, 0.2) is 0 Å². The Morgan fingerprint density at radius 3 is 2.21 bits per heavy atom. The molecule has 1 fully saturated rings. The van der Waals surface area contributed by atoms with E-state index in [2.05, 4.69) is 14.9 Å². The third-order valence-electron chi connectivity index (χ3n) is 9.06. The third-order valence-corrected chi connectivity index (χ3v) is 9.06. The van der Waals surface area contributed by atoms with E-state index in [9.17, 15) is 27.6 Å². The second-order valence-corrected chi connectivity index (χ2v) is 12.8. The highest BCUT2D eigenvalue weighted by molar-refractivity contribution is 5.95. The second-order valence-electron chi connectivity index (χ2n) is 12.8. The predicted molar refractivity (Wildman–Crippen MR) is 195 cm³/mol. The molecule has 1 aliphatic rings. The Balaban J connectivity index is 1.38. The normalized spacial score (nSPS) is 13.9. The Morgan fingerprint density at radius 2 is 1.58 bits per heavy atom. The van der Waals surface area contributed by atoms with Crippen LogP contribution in [0, 0.1) is 0 Å². The van der Waals surface area contributed by atoms with E-state index >= 15 is 0 Å². The van der Waals surface area contributed by atoms with E-state index in [-0.39, 0.29) is 37.9 Å². The highest BCUT2D eigenvalue weighted by Gasteiger charge is 2.33. The Hall–Kier alpha value is -5.56. The van der Waals surface area contributed by atoms with Gasteiger partial charge in [0.1, 0.15) is 11.7 Å². The smallest absolute Gasteiger partial charge is 0.375 e. The molecule has 0 bridgehead atoms. The molecule has 53 heavy (non-hydrogen) atoms. The van der Waals surface area contributed by atoms with Gasteiger partial charge in [-0.15, -0.1) is 0 Å². The fraction of sp³-hybridized carbons (Fsp3) is 0.325. The summed E-state index contributed by atoms with van der Waals surface area (Å²) in [5, 5.41) is 0. The van der Waals surface area contributed by atoms with Gasteiger partial charge in [0, 0.05) is 90.0 Å². The van der Waals surface area contributed by atoms with Gasteiger partial charge >= 0.3 is 6.18 Å². The van der Waals surface area contributed by atoms with Crippen LogP contribution in [0.5, 0.6) is 0 Å². The highest BCUT2D eigenvalue weighted by Crippen LogP contribution is 2.27. The standard InChI is InChI=1S/C40H43F3N6O4/c1-30(50)47-20-22-48(23-21-47)35-12-8-33(9-13-35)28-49(38(51)15-11-32-10-14-37(45-27-32)40(41,42)43)36(26-31-6-4-3-5-7-31)39(52)46(2)24-25-53-29-34-16-18-44-19-17-34/h3-19,27,36H,20-26,28-29H2,1-2H3. The summed E-state index contributed by atoms with van der Waals surface area (Å²) < 4.78 is 45.1. The molecule has 1 atom stereocenters. The maximum atomic E-state index is 14.3. The molecule has 0 saturated carbocycles. The number of rotatable bonds is 14. The van der Waals surface area contributed by atoms with Crippen LogP contribution in [0.4, 0.5) is 18.9 Å². The van der Waals surface area contributed by atoms with Crippen molar-refractivity contribution in [3.8, 4) is 0 Å². The lowest BCUT2D eigenvalue weighted by Crippen LogP contribution is -2.51. The first kappa shape index (κ1) is 38.7. The molecule has 2 aromatic carbocycles. The molecule has 278 valence electrons. The first-order valence-electron chi connectivity index (χ1n) is 17.3. The molecule has 10 nitrogen and oxygen atoms in total. The minimum Gasteiger partial charge on any atom is -0.375 e. The number of amides is 3. The first-order chi connectivity index (χ1) is 25.5. The maximum absolute atomic E-state index is 14.3. The Morgan fingerprint density at radius 1 is 0.887 bits per heavy atom. The lowest BCUT2D eigenvalue weighted by Gasteiger charge is -2.36. The summed E-state index contributed by atoms with van der Waals surface area (Å²) in [6.07, 6.45) is 2.71. The number of carbonyl (C=O) groups excluding carboxylic acids is 3. The molecule has 0 aliphatic carbocycles. The Labute approximate surface area is 307 Å². The molecule has 0 spiro atoms. The van der Waals surface area contributed by atoms with E-state index in [0.29, 0.717) is 38.3 Å². The highest BCUT2D eigenvalue weighted by atomic mass is 19.4. The lowest BCUT2D eigenvalue weighted by atomic mass is 10.0. The lowest BCUT2D eigenvalue weighted by molar-refractivity contribution is -0.143. The largest absolute Gasteiger partial charge is 0.433 e. The van der Waals surface area contributed by atoms with Crippen molar-refractivity contribution in [2.45, 2.75) is 38.7 Å². The number of anilines is 1. The van der Waals surface area contributed by atoms with E-state index in [4.69, 9.17) is 4.74 Å². The van der Waals surface area contributed by atoms with Crippen LogP contribution >= 0.6 is 0 Å². The first-order valence-corrected chi connectivity index (χ1v) is 17.3. The Bertz CT molecular complexity index is 1820. The second kappa shape index (κ2) is 18.3. The van der Waals surface area contributed by atoms with Gasteiger partial charge < -0.3 is 24.3 Å². The molecule has 4 aromatic rings. The topological polar surface area (TPSA) is 99.2 Å². The van der Waals surface area contributed by atoms with Crippen molar-refractivity contribution >= 4 is 29.5 Å². The number of hydrogen-bond donors (Lipinski definition) is 0. The molecule has 2 aromatic heterocycles. The van der Waals surface area contributed by atoms with Gasteiger partial charge in [0.05, 0.1) is 13.2 Å². The summed E-state index contributed by atoms with van der Waals surface area (Å²) in [6.45, 7) is 5.20. The molecule has 3 heterocycles. The van der Waals surface area contributed by atoms with E-state index in [1.807, 2.05) is 71.6 Å². The van der Waals surface area contributed by atoms with Crippen molar-refractivity contribution in [3.63, 3.8) is 0 Å². The molecule has 1 unspecified atom stereocenters. The van der Waals surface area contributed by atoms with Gasteiger partial charge in [-0.25, -0.2) is 0 Å². The summed E-state index contributed by atoms with van der Waals surface area (Å²) in [4.78, 5) is 54.8. The van der Waals surface area contributed by atoms with Crippen molar-refractivity contribution in [3.05, 3.63) is 131 Å². The van der Waals surface area contributed by atoms with Crippen LogP contribution in [0.25, 0.3) is 6.08 Å². The number of hydrogen-bond acceptors (Lipinski definition) is 7. The molecule has 0 radical (unpaired) electrons. The minimum atomic E-state index is -4.59. The number of halogens is 3. The van der Waals surface area contributed by atoms with Gasteiger partial charge in [0.25, 0.3) is 0 Å². The summed E-state index contributed by atoms with van der Waals surface area (Å²) in [5.41, 5.74) is 2.83. The number of benzene rings is 2. The number of aromatic nitrogens is 2. The van der Waals surface area contributed by atoms with Crippen molar-refractivity contribution < 1.29 is 32.3 Å². The fourth-order valence-corrected chi connectivity index (χ4v) is 5.97. The molecule has 5 rings (SSSR count). The average Bonchev–Trinajstić information content (AvgIpc) is 3.17. The maximum Gasteiger partial charge on any atom is 0.433 e. The summed E-state index contributed by atoms with van der Waals surface area (Å²) in [5.74, 6) is -0.735. The predicted octanol–water partition coefficient (Wildman–Crippen LogP) is 5.49. The van der Waals surface area contributed by atoms with Crippen molar-refractivity contribution in [2.24, 2.45) is 0 Å². The fourth-order valence-electron chi connectivity index (χ4n) is 5.97. The van der Waals surface area contributed by atoms with Crippen LogP contribution < -0.4 is 4.90 Å². The number of carbonyl (C=O) groups is 3. The van der Waals surface area contributed by atoms with Crippen molar-refractivity contribution in [1.82, 2.24) is 24.7 Å². The zero-order valence-corrected chi connectivity index (χ0v) is 29.8. The molecule has 1 saturated heterocycles. The molecule has 1 aliphatic heterocycles. The number of pyridine rings is 2. The molecule has 0 N–H and O–H groups in total. The zero-order chi connectivity index (χ0) is 37.8. The molecular weight excluding hydrogens is 685 g/mol. The Kier molecular flexibility index (Phi) is 13.3. The third kappa shape index (κ3) is 11.2. The van der Waals surface area contributed by atoms with Crippen molar-refractivity contribution in [2.75, 3.05) is 51.3 Å². The van der Waals surface area contributed by atoms with Gasteiger partial charge in [-0.05, 0) is 58.7 Å². The van der Waals surface area contributed by atoms with Crippen molar-refractivity contribution in [1.29, 1.82) is 0 Å². The van der Waals surface area contributed by atoms with Crippen LogP contribution in [-0.4, -0.2) is 94.8 Å². The molecular formula is C40H43F3N6O4. The van der Waals surface area contributed by atoms with E-state index in [0.717, 1.165) is 34.6 Å². The number of alkyl halides is 3.